The Bertz CT molecular complexity index is 518. The van der Waals surface area contributed by atoms with Crippen LogP contribution < -0.4 is 10.2 Å². The quantitative estimate of drug-likeness (QED) is 0.613. The number of hydrogen-bond donors (Lipinski definition) is 0. The summed E-state index contributed by atoms with van der Waals surface area (Å²) in [5.41, 5.74) is 2.70. The Hall–Kier alpha value is -1.04. The van der Waals surface area contributed by atoms with Crippen molar-refractivity contribution in [2.75, 3.05) is 0 Å². The number of rotatable bonds is 0. The van der Waals surface area contributed by atoms with Gasteiger partial charge >= 0.3 is 27.3 Å². The molecule has 120 valence electrons. The molecule has 0 aliphatic carbocycles. The minimum absolute atomic E-state index is 0. The van der Waals surface area contributed by atoms with Crippen LogP contribution in [0, 0.1) is 0 Å². The van der Waals surface area contributed by atoms with Crippen molar-refractivity contribution in [2.45, 2.75) is 52.4 Å². The molecule has 0 unspecified atom stereocenters. The van der Waals surface area contributed by atoms with Gasteiger partial charge in [0.2, 0.25) is 0 Å². The van der Waals surface area contributed by atoms with E-state index >= 15 is 0 Å². The van der Waals surface area contributed by atoms with Gasteiger partial charge in [0.25, 0.3) is 0 Å². The van der Waals surface area contributed by atoms with Crippen LogP contribution in [0.2, 0.25) is 0 Å². The van der Waals surface area contributed by atoms with Crippen LogP contribution in [0.25, 0.3) is 0 Å². The summed E-state index contributed by atoms with van der Waals surface area (Å²) in [4.78, 5) is 0. The van der Waals surface area contributed by atoms with Crippen LogP contribution in [0.3, 0.4) is 0 Å². The molecule has 0 bridgehead atoms. The first kappa shape index (κ1) is 22.0. The average molecular weight is 411 g/mol. The van der Waals surface area contributed by atoms with Crippen LogP contribution in [0.1, 0.15) is 52.7 Å². The molecule has 0 fully saturated rings. The molecule has 0 aliphatic heterocycles. The normalized spacial score (nSPS) is 11.0. The second kappa shape index (κ2) is 8.71. The summed E-state index contributed by atoms with van der Waals surface area (Å²) >= 11 is 0. The van der Waals surface area contributed by atoms with Crippen LogP contribution in [0.5, 0.6) is 11.5 Å². The van der Waals surface area contributed by atoms with E-state index in [2.05, 4.69) is 41.5 Å². The number of benzene rings is 2. The molecule has 0 radical (unpaired) electrons. The molecule has 2 nitrogen and oxygen atoms in total. The first-order valence-electron chi connectivity index (χ1n) is 7.55. The van der Waals surface area contributed by atoms with Crippen molar-refractivity contribution in [3.05, 3.63) is 59.7 Å². The monoisotopic (exact) mass is 412 g/mol. The van der Waals surface area contributed by atoms with Gasteiger partial charge in [-0.2, -0.15) is 0 Å². The van der Waals surface area contributed by atoms with E-state index in [0.29, 0.717) is 0 Å². The maximum absolute atomic E-state index is 10.7. The van der Waals surface area contributed by atoms with Crippen molar-refractivity contribution >= 4 is 0 Å². The largest absolute Gasteiger partial charge is 2.00 e. The molecule has 0 atom stereocenters. The molecule has 2 aromatic rings. The van der Waals surface area contributed by atoms with Crippen LogP contribution >= 0.6 is 0 Å². The SMILES string of the molecule is CC(C)(C)c1ccc([O-])cc1.CC(C)(C)c1ccc([O-])cc1.[Cd+2]. The van der Waals surface area contributed by atoms with Gasteiger partial charge in [0.15, 0.2) is 0 Å². The van der Waals surface area contributed by atoms with E-state index in [9.17, 15) is 10.2 Å². The summed E-state index contributed by atoms with van der Waals surface area (Å²) in [5.74, 6) is 0.163. The average Bonchev–Trinajstić information content (AvgIpc) is 2.38. The molecule has 3 heteroatoms. The van der Waals surface area contributed by atoms with Crippen molar-refractivity contribution in [3.63, 3.8) is 0 Å². The maximum Gasteiger partial charge on any atom is 2.00 e. The van der Waals surface area contributed by atoms with Gasteiger partial charge in [0.1, 0.15) is 0 Å². The van der Waals surface area contributed by atoms with Gasteiger partial charge in [-0.05, 0) is 22.0 Å². The van der Waals surface area contributed by atoms with E-state index in [4.69, 9.17) is 0 Å². The van der Waals surface area contributed by atoms with Crippen molar-refractivity contribution in [1.29, 1.82) is 0 Å². The van der Waals surface area contributed by atoms with Crippen molar-refractivity contribution in [2.24, 2.45) is 0 Å². The first-order chi connectivity index (χ1) is 10.00. The first-order valence-corrected chi connectivity index (χ1v) is 7.55. The molecule has 0 heterocycles. The Kier molecular flexibility index (Phi) is 8.32. The van der Waals surface area contributed by atoms with E-state index in [1.54, 1.807) is 24.3 Å². The van der Waals surface area contributed by atoms with Gasteiger partial charge in [0, 0.05) is 0 Å². The second-order valence-corrected chi connectivity index (χ2v) is 7.55. The van der Waals surface area contributed by atoms with Crippen LogP contribution in [0.15, 0.2) is 48.5 Å². The molecule has 0 aliphatic rings. The molecule has 23 heavy (non-hydrogen) atoms. The van der Waals surface area contributed by atoms with E-state index < -0.39 is 0 Å². The summed E-state index contributed by atoms with van der Waals surface area (Å²) in [6.45, 7) is 12.8. The topological polar surface area (TPSA) is 46.1 Å². The third kappa shape index (κ3) is 7.86. The fourth-order valence-electron chi connectivity index (χ4n) is 1.91. The van der Waals surface area contributed by atoms with E-state index in [0.717, 1.165) is 0 Å². The van der Waals surface area contributed by atoms with Crippen LogP contribution in [0.4, 0.5) is 0 Å². The van der Waals surface area contributed by atoms with Gasteiger partial charge in [0.05, 0.1) is 0 Å². The maximum atomic E-state index is 10.7. The Balaban J connectivity index is 0.000000403. The van der Waals surface area contributed by atoms with Crippen LogP contribution in [-0.4, -0.2) is 0 Å². The van der Waals surface area contributed by atoms with Crippen molar-refractivity contribution in [1.82, 2.24) is 0 Å². The van der Waals surface area contributed by atoms with Crippen molar-refractivity contribution in [3.8, 4) is 11.5 Å². The minimum atomic E-state index is 0. The molecular weight excluding hydrogens is 385 g/mol. The van der Waals surface area contributed by atoms with Gasteiger partial charge in [-0.15, -0.1) is 11.5 Å². The zero-order valence-electron chi connectivity index (χ0n) is 15.1. The summed E-state index contributed by atoms with van der Waals surface area (Å²) < 4.78 is 0. The smallest absolute Gasteiger partial charge is 0.872 e. The third-order valence-electron chi connectivity index (χ3n) is 3.44. The van der Waals surface area contributed by atoms with Crippen LogP contribution in [-0.2, 0) is 38.1 Å². The summed E-state index contributed by atoms with van der Waals surface area (Å²) in [7, 11) is 0. The Morgan fingerprint density at radius 1 is 0.522 bits per heavy atom. The molecule has 0 N–H and O–H groups in total. The van der Waals surface area contributed by atoms with Crippen molar-refractivity contribution < 1.29 is 37.5 Å². The zero-order valence-corrected chi connectivity index (χ0v) is 19.2. The predicted octanol–water partition coefficient (Wildman–Crippen LogP) is 4.11. The molecular formula is C20H26CdO2. The Morgan fingerprint density at radius 3 is 0.913 bits per heavy atom. The molecule has 0 saturated heterocycles. The molecule has 0 amide bonds. The fraction of sp³-hybridized carbons (Fsp3) is 0.400. The van der Waals surface area contributed by atoms with E-state index in [-0.39, 0.29) is 49.6 Å². The molecule has 0 aromatic heterocycles. The fourth-order valence-corrected chi connectivity index (χ4v) is 1.91. The predicted molar refractivity (Wildman–Crippen MR) is 89.2 cm³/mol. The summed E-state index contributed by atoms with van der Waals surface area (Å²) in [6, 6.07) is 14.0. The van der Waals surface area contributed by atoms with Gasteiger partial charge < -0.3 is 10.2 Å². The Morgan fingerprint density at radius 2 is 0.739 bits per heavy atom. The zero-order chi connectivity index (χ0) is 17.0. The van der Waals surface area contributed by atoms with Gasteiger partial charge in [-0.1, -0.05) is 90.1 Å². The number of hydrogen-bond acceptors (Lipinski definition) is 2. The minimum Gasteiger partial charge on any atom is -0.872 e. The standard InChI is InChI=1S/2C10H14O.Cd/c2*1-10(2,3)8-4-6-9(11)7-5-8;/h2*4-7,11H,1-3H3;/q;;+2/p-2. The van der Waals surface area contributed by atoms with E-state index in [1.807, 2.05) is 24.3 Å². The second-order valence-electron chi connectivity index (χ2n) is 7.55. The molecule has 2 rings (SSSR count). The molecule has 0 saturated carbocycles. The van der Waals surface area contributed by atoms with E-state index in [1.165, 1.54) is 11.1 Å². The summed E-state index contributed by atoms with van der Waals surface area (Å²) in [5, 5.41) is 21.5. The third-order valence-corrected chi connectivity index (χ3v) is 3.44. The molecule has 0 spiro atoms. The van der Waals surface area contributed by atoms with Gasteiger partial charge in [-0.3, -0.25) is 0 Å². The summed E-state index contributed by atoms with van der Waals surface area (Å²) in [6.07, 6.45) is 0. The van der Waals surface area contributed by atoms with Gasteiger partial charge in [-0.25, -0.2) is 0 Å². The molecule has 2 aromatic carbocycles. The Labute approximate surface area is 160 Å².